The molecule has 2 atom stereocenters. The molecule has 0 heterocycles. The van der Waals surface area contributed by atoms with Crippen LogP contribution in [0.5, 0.6) is 0 Å². The molecule has 18 heavy (non-hydrogen) atoms. The molecule has 0 aliphatic carbocycles. The molecule has 0 aliphatic rings. The molecule has 0 bridgehead atoms. The highest BCUT2D eigenvalue weighted by atomic mass is 79.9. The van der Waals surface area contributed by atoms with E-state index in [2.05, 4.69) is 15.9 Å². The highest BCUT2D eigenvalue weighted by molar-refractivity contribution is 9.10. The number of hydrogen-bond donors (Lipinski definition) is 3. The van der Waals surface area contributed by atoms with E-state index in [9.17, 15) is 14.7 Å². The average molecular weight is 317 g/mol. The first-order chi connectivity index (χ1) is 8.40. The summed E-state index contributed by atoms with van der Waals surface area (Å²) in [5, 5.41) is 27.7. The standard InChI is InChI=1S/C12H13BrO5/c1-6(13)10(15)8-4-2-3-7(5-14)9(8)11(16)12(17)18/h2-4,6,11,14,16H,5H2,1H3,(H,17,18). The molecule has 6 heteroatoms. The fourth-order valence-corrected chi connectivity index (χ4v) is 1.87. The second kappa shape index (κ2) is 6.08. The van der Waals surface area contributed by atoms with Crippen molar-refractivity contribution in [3.63, 3.8) is 0 Å². The summed E-state index contributed by atoms with van der Waals surface area (Å²) in [4.78, 5) is 22.3. The van der Waals surface area contributed by atoms with Crippen molar-refractivity contribution >= 4 is 27.7 Å². The fraction of sp³-hybridized carbons (Fsp3) is 0.333. The molecule has 1 aromatic rings. The van der Waals surface area contributed by atoms with Gasteiger partial charge in [0.1, 0.15) is 0 Å². The van der Waals surface area contributed by atoms with Crippen molar-refractivity contribution in [1.29, 1.82) is 0 Å². The van der Waals surface area contributed by atoms with E-state index in [-0.39, 0.29) is 22.5 Å². The number of aliphatic carboxylic acids is 1. The van der Waals surface area contributed by atoms with Gasteiger partial charge in [-0.3, -0.25) is 4.79 Å². The summed E-state index contributed by atoms with van der Waals surface area (Å²) in [7, 11) is 0. The quantitative estimate of drug-likeness (QED) is 0.561. The number of alkyl halides is 1. The summed E-state index contributed by atoms with van der Waals surface area (Å²) >= 11 is 3.10. The summed E-state index contributed by atoms with van der Waals surface area (Å²) in [5.41, 5.74) is 0.272. The minimum atomic E-state index is -1.83. The van der Waals surface area contributed by atoms with Crippen LogP contribution < -0.4 is 0 Å². The van der Waals surface area contributed by atoms with E-state index in [1.54, 1.807) is 6.92 Å². The number of carbonyl (C=O) groups excluding carboxylic acids is 1. The van der Waals surface area contributed by atoms with Gasteiger partial charge in [-0.25, -0.2) is 4.79 Å². The van der Waals surface area contributed by atoms with Crippen LogP contribution in [0.2, 0.25) is 0 Å². The first kappa shape index (κ1) is 14.8. The third kappa shape index (κ3) is 2.95. The molecule has 0 spiro atoms. The maximum Gasteiger partial charge on any atom is 0.337 e. The van der Waals surface area contributed by atoms with Gasteiger partial charge in [0.25, 0.3) is 0 Å². The summed E-state index contributed by atoms with van der Waals surface area (Å²) in [6, 6.07) is 4.43. The Labute approximate surface area is 112 Å². The van der Waals surface area contributed by atoms with Crippen LogP contribution in [-0.2, 0) is 11.4 Å². The highest BCUT2D eigenvalue weighted by Crippen LogP contribution is 2.25. The SMILES string of the molecule is CC(Br)C(=O)c1cccc(CO)c1C(O)C(=O)O. The Morgan fingerprint density at radius 3 is 2.44 bits per heavy atom. The first-order valence-corrected chi connectivity index (χ1v) is 6.13. The molecule has 1 aromatic carbocycles. The maximum atomic E-state index is 11.9. The molecule has 2 unspecified atom stereocenters. The van der Waals surface area contributed by atoms with Crippen LogP contribution >= 0.6 is 15.9 Å². The molecular weight excluding hydrogens is 304 g/mol. The van der Waals surface area contributed by atoms with Gasteiger partial charge in [0.05, 0.1) is 11.4 Å². The zero-order chi connectivity index (χ0) is 13.9. The van der Waals surface area contributed by atoms with Gasteiger partial charge in [-0.2, -0.15) is 0 Å². The van der Waals surface area contributed by atoms with E-state index in [0.717, 1.165) is 0 Å². The lowest BCUT2D eigenvalue weighted by Gasteiger charge is -2.16. The van der Waals surface area contributed by atoms with E-state index in [0.29, 0.717) is 0 Å². The summed E-state index contributed by atoms with van der Waals surface area (Å²) < 4.78 is 0. The molecule has 0 saturated carbocycles. The molecule has 0 amide bonds. The number of halogens is 1. The van der Waals surface area contributed by atoms with Crippen molar-refractivity contribution in [2.45, 2.75) is 24.5 Å². The molecule has 0 saturated heterocycles. The number of aliphatic hydroxyl groups excluding tert-OH is 2. The van der Waals surface area contributed by atoms with E-state index in [1.807, 2.05) is 0 Å². The summed E-state index contributed by atoms with van der Waals surface area (Å²) in [6.07, 6.45) is -1.83. The Balaban J connectivity index is 3.42. The predicted molar refractivity (Wildman–Crippen MR) is 67.7 cm³/mol. The lowest BCUT2D eigenvalue weighted by atomic mass is 9.93. The van der Waals surface area contributed by atoms with Gasteiger partial charge in [-0.1, -0.05) is 34.1 Å². The smallest absolute Gasteiger partial charge is 0.337 e. The van der Waals surface area contributed by atoms with Crippen LogP contribution in [0.25, 0.3) is 0 Å². The Morgan fingerprint density at radius 1 is 1.39 bits per heavy atom. The van der Waals surface area contributed by atoms with Crippen molar-refractivity contribution in [1.82, 2.24) is 0 Å². The highest BCUT2D eigenvalue weighted by Gasteiger charge is 2.26. The van der Waals surface area contributed by atoms with Crippen molar-refractivity contribution in [3.8, 4) is 0 Å². The van der Waals surface area contributed by atoms with Crippen molar-refractivity contribution in [2.75, 3.05) is 0 Å². The number of carbonyl (C=O) groups is 2. The van der Waals surface area contributed by atoms with E-state index >= 15 is 0 Å². The third-order valence-electron chi connectivity index (χ3n) is 2.50. The second-order valence-corrected chi connectivity index (χ2v) is 5.13. The Hall–Kier alpha value is -1.24. The normalized spacial score (nSPS) is 14.0. The molecule has 3 N–H and O–H groups in total. The first-order valence-electron chi connectivity index (χ1n) is 5.22. The number of aliphatic hydroxyl groups is 2. The van der Waals surface area contributed by atoms with Gasteiger partial charge >= 0.3 is 5.97 Å². The molecule has 0 radical (unpaired) electrons. The number of rotatable bonds is 5. The fourth-order valence-electron chi connectivity index (χ4n) is 1.63. The molecule has 1 rings (SSSR count). The van der Waals surface area contributed by atoms with Crippen LogP contribution in [0.3, 0.4) is 0 Å². The number of carboxylic acid groups (broad SMARTS) is 1. The molecule has 0 aliphatic heterocycles. The second-order valence-electron chi connectivity index (χ2n) is 3.76. The number of Topliss-reactive ketones (excluding diaryl/α,β-unsaturated/α-hetero) is 1. The van der Waals surface area contributed by atoms with Gasteiger partial charge in [-0.15, -0.1) is 0 Å². The summed E-state index contributed by atoms with van der Waals surface area (Å²) in [5.74, 6) is -1.81. The van der Waals surface area contributed by atoms with Crippen LogP contribution in [0.15, 0.2) is 18.2 Å². The number of benzene rings is 1. The Morgan fingerprint density at radius 2 is 2.00 bits per heavy atom. The monoisotopic (exact) mass is 316 g/mol. The minimum Gasteiger partial charge on any atom is -0.479 e. The van der Waals surface area contributed by atoms with Crippen LogP contribution in [0.4, 0.5) is 0 Å². The molecule has 98 valence electrons. The van der Waals surface area contributed by atoms with Crippen LogP contribution in [-0.4, -0.2) is 31.9 Å². The third-order valence-corrected chi connectivity index (χ3v) is 2.92. The van der Waals surface area contributed by atoms with Crippen LogP contribution in [0, 0.1) is 0 Å². The van der Waals surface area contributed by atoms with E-state index in [1.165, 1.54) is 18.2 Å². The lowest BCUT2D eigenvalue weighted by molar-refractivity contribution is -0.147. The Bertz CT molecular complexity index is 470. The van der Waals surface area contributed by atoms with Gasteiger partial charge in [0, 0.05) is 11.1 Å². The topological polar surface area (TPSA) is 94.8 Å². The van der Waals surface area contributed by atoms with E-state index in [4.69, 9.17) is 10.2 Å². The zero-order valence-electron chi connectivity index (χ0n) is 9.63. The zero-order valence-corrected chi connectivity index (χ0v) is 11.2. The van der Waals surface area contributed by atoms with Gasteiger partial charge in [0.15, 0.2) is 11.9 Å². The van der Waals surface area contributed by atoms with Crippen molar-refractivity contribution in [2.24, 2.45) is 0 Å². The molecular formula is C12H13BrO5. The lowest BCUT2D eigenvalue weighted by Crippen LogP contribution is -2.20. The van der Waals surface area contributed by atoms with Crippen molar-refractivity contribution < 1.29 is 24.9 Å². The average Bonchev–Trinajstić information content (AvgIpc) is 2.35. The summed E-state index contributed by atoms with van der Waals surface area (Å²) in [6.45, 7) is 1.16. The van der Waals surface area contributed by atoms with Gasteiger partial charge in [0.2, 0.25) is 0 Å². The van der Waals surface area contributed by atoms with Crippen molar-refractivity contribution in [3.05, 3.63) is 34.9 Å². The molecule has 0 fully saturated rings. The predicted octanol–water partition coefficient (Wildman–Crippen LogP) is 1.26. The molecule has 0 aromatic heterocycles. The van der Waals surface area contributed by atoms with E-state index < -0.39 is 23.5 Å². The minimum absolute atomic E-state index is 0.0520. The van der Waals surface area contributed by atoms with Gasteiger partial charge < -0.3 is 15.3 Å². The maximum absolute atomic E-state index is 11.9. The largest absolute Gasteiger partial charge is 0.479 e. The Kier molecular flexibility index (Phi) is 5.01. The van der Waals surface area contributed by atoms with Crippen LogP contribution in [0.1, 0.15) is 34.5 Å². The number of carboxylic acids is 1. The number of ketones is 1. The number of hydrogen-bond acceptors (Lipinski definition) is 4. The van der Waals surface area contributed by atoms with Gasteiger partial charge in [-0.05, 0) is 12.5 Å². The molecule has 5 nitrogen and oxygen atoms in total.